The molecule has 0 radical (unpaired) electrons. The molecular weight excluding hydrogens is 286 g/mol. The summed E-state index contributed by atoms with van der Waals surface area (Å²) in [4.78, 5) is 4.29. The molecule has 0 bridgehead atoms. The lowest BCUT2D eigenvalue weighted by Crippen LogP contribution is -1.77. The quantitative estimate of drug-likeness (QED) is 0.595. The van der Waals surface area contributed by atoms with Crippen molar-refractivity contribution in [3.05, 3.63) is 52.6 Å². The lowest BCUT2D eigenvalue weighted by Gasteiger charge is -1.94. The Balaban J connectivity index is 0.000000162. The van der Waals surface area contributed by atoms with E-state index in [1.165, 1.54) is 16.9 Å². The van der Waals surface area contributed by atoms with Crippen LogP contribution in [0.3, 0.4) is 0 Å². The van der Waals surface area contributed by atoms with Crippen LogP contribution in [0, 0.1) is 0 Å². The molecule has 0 spiro atoms. The van der Waals surface area contributed by atoms with Crippen LogP contribution < -0.4 is 0 Å². The number of nitrogens with zero attached hydrogens (tertiary/aromatic N) is 3. The van der Waals surface area contributed by atoms with Gasteiger partial charge in [0, 0.05) is 10.8 Å². The van der Waals surface area contributed by atoms with E-state index in [0.29, 0.717) is 0 Å². The van der Waals surface area contributed by atoms with Crippen molar-refractivity contribution >= 4 is 38.4 Å². The fraction of sp³-hybridized carbons (Fsp3) is 0. The van der Waals surface area contributed by atoms with E-state index in [-0.39, 0.29) is 0 Å². The van der Waals surface area contributed by atoms with Gasteiger partial charge < -0.3 is 0 Å². The molecule has 0 aliphatic carbocycles. The Hall–Kier alpha value is -1.33. The van der Waals surface area contributed by atoms with Crippen molar-refractivity contribution in [1.82, 2.24) is 14.6 Å². The summed E-state index contributed by atoms with van der Waals surface area (Å²) in [5, 5.41) is 6.49. The highest BCUT2D eigenvalue weighted by Crippen LogP contribution is 2.14. The van der Waals surface area contributed by atoms with Gasteiger partial charge in [0.2, 0.25) is 0 Å². The lowest BCUT2D eigenvalue weighted by molar-refractivity contribution is 1.16. The first-order valence-electron chi connectivity index (χ1n) is 4.58. The molecule has 2 aromatic heterocycles. The molecule has 0 unspecified atom stereocenters. The van der Waals surface area contributed by atoms with Gasteiger partial charge in [-0.1, -0.05) is 28.8 Å². The van der Waals surface area contributed by atoms with E-state index in [4.69, 9.17) is 0 Å². The number of halogens is 1. The van der Waals surface area contributed by atoms with Crippen LogP contribution in [0.2, 0.25) is 0 Å². The van der Waals surface area contributed by atoms with Crippen LogP contribution in [0.1, 0.15) is 0 Å². The van der Waals surface area contributed by atoms with Gasteiger partial charge in [0.1, 0.15) is 4.60 Å². The van der Waals surface area contributed by atoms with E-state index in [2.05, 4.69) is 36.6 Å². The third-order valence-corrected chi connectivity index (χ3v) is 2.72. The highest BCUT2D eigenvalue weighted by atomic mass is 79.9. The minimum Gasteiger partial charge on any atom is -0.241 e. The number of pyridine rings is 1. The van der Waals surface area contributed by atoms with Crippen LogP contribution >= 0.6 is 27.5 Å². The molecule has 0 saturated carbocycles. The molecular formula is C11H8BrN3S. The summed E-state index contributed by atoms with van der Waals surface area (Å²) < 4.78 is 4.40. The van der Waals surface area contributed by atoms with E-state index in [1.807, 2.05) is 35.7 Å². The number of fused-ring (bicyclic) bond motifs is 1. The van der Waals surface area contributed by atoms with E-state index >= 15 is 0 Å². The SMILES string of the molecule is Brc1ccc2ccccc2n1.c1csnn1. The zero-order chi connectivity index (χ0) is 11.2. The normalized spacial score (nSPS) is 9.56. The van der Waals surface area contributed by atoms with Crippen LogP contribution in [-0.2, 0) is 0 Å². The van der Waals surface area contributed by atoms with Crippen molar-refractivity contribution in [1.29, 1.82) is 0 Å². The zero-order valence-electron chi connectivity index (χ0n) is 8.25. The second kappa shape index (κ2) is 5.67. The van der Waals surface area contributed by atoms with Gasteiger partial charge in [0.15, 0.2) is 0 Å². The Bertz CT molecular complexity index is 537. The third-order valence-electron chi connectivity index (χ3n) is 1.85. The van der Waals surface area contributed by atoms with Gasteiger partial charge >= 0.3 is 0 Å². The van der Waals surface area contributed by atoms with E-state index in [9.17, 15) is 0 Å². The van der Waals surface area contributed by atoms with Crippen LogP contribution in [0.25, 0.3) is 10.9 Å². The van der Waals surface area contributed by atoms with Crippen LogP contribution in [0.5, 0.6) is 0 Å². The maximum atomic E-state index is 4.29. The third kappa shape index (κ3) is 3.08. The zero-order valence-corrected chi connectivity index (χ0v) is 10.6. The Morgan fingerprint density at radius 2 is 1.94 bits per heavy atom. The number of rotatable bonds is 0. The topological polar surface area (TPSA) is 38.7 Å². The molecule has 0 fully saturated rings. The van der Waals surface area contributed by atoms with Crippen molar-refractivity contribution in [2.75, 3.05) is 0 Å². The largest absolute Gasteiger partial charge is 0.241 e. The Kier molecular flexibility index (Phi) is 3.96. The highest BCUT2D eigenvalue weighted by molar-refractivity contribution is 9.10. The van der Waals surface area contributed by atoms with Crippen molar-refractivity contribution < 1.29 is 0 Å². The molecule has 0 atom stereocenters. The second-order valence-electron chi connectivity index (χ2n) is 2.91. The van der Waals surface area contributed by atoms with Crippen molar-refractivity contribution in [2.45, 2.75) is 0 Å². The van der Waals surface area contributed by atoms with Crippen molar-refractivity contribution in [3.8, 4) is 0 Å². The molecule has 1 aromatic carbocycles. The molecule has 2 heterocycles. The molecule has 0 aliphatic rings. The molecule has 80 valence electrons. The number of aromatic nitrogens is 3. The lowest BCUT2D eigenvalue weighted by atomic mass is 10.2. The van der Waals surface area contributed by atoms with Gasteiger partial charge in [-0.05, 0) is 39.6 Å². The average molecular weight is 294 g/mol. The van der Waals surface area contributed by atoms with Crippen molar-refractivity contribution in [3.63, 3.8) is 0 Å². The number of benzene rings is 1. The summed E-state index contributed by atoms with van der Waals surface area (Å²) in [5.74, 6) is 0. The van der Waals surface area contributed by atoms with E-state index < -0.39 is 0 Å². The molecule has 16 heavy (non-hydrogen) atoms. The summed E-state index contributed by atoms with van der Waals surface area (Å²) in [5.41, 5.74) is 1.03. The molecule has 5 heteroatoms. The molecule has 0 aliphatic heterocycles. The Labute approximate surface area is 105 Å². The smallest absolute Gasteiger partial charge is 0.106 e. The maximum Gasteiger partial charge on any atom is 0.106 e. The minimum absolute atomic E-state index is 0.885. The molecule has 0 saturated heterocycles. The average Bonchev–Trinajstić information content (AvgIpc) is 2.87. The second-order valence-corrected chi connectivity index (χ2v) is 4.37. The fourth-order valence-electron chi connectivity index (χ4n) is 1.18. The first kappa shape index (κ1) is 11.2. The Morgan fingerprint density at radius 1 is 1.06 bits per heavy atom. The minimum atomic E-state index is 0.885. The van der Waals surface area contributed by atoms with Gasteiger partial charge in [0.05, 0.1) is 11.7 Å². The first-order valence-corrected chi connectivity index (χ1v) is 6.21. The van der Waals surface area contributed by atoms with Gasteiger partial charge in [-0.25, -0.2) is 4.98 Å². The summed E-state index contributed by atoms with van der Waals surface area (Å²) in [6, 6.07) is 12.0. The van der Waals surface area contributed by atoms with Crippen LogP contribution in [-0.4, -0.2) is 14.6 Å². The molecule has 0 amide bonds. The van der Waals surface area contributed by atoms with E-state index in [1.54, 1.807) is 6.20 Å². The molecule has 3 rings (SSSR count). The number of para-hydroxylation sites is 1. The van der Waals surface area contributed by atoms with Crippen LogP contribution in [0.15, 0.2) is 52.6 Å². The first-order chi connectivity index (χ1) is 7.86. The fourth-order valence-corrected chi connectivity index (χ4v) is 1.77. The van der Waals surface area contributed by atoms with Gasteiger partial charge in [-0.3, -0.25) is 0 Å². The monoisotopic (exact) mass is 293 g/mol. The molecule has 0 N–H and O–H groups in total. The van der Waals surface area contributed by atoms with Crippen LogP contribution in [0.4, 0.5) is 0 Å². The molecule has 3 nitrogen and oxygen atoms in total. The maximum absolute atomic E-state index is 4.29. The summed E-state index contributed by atoms with van der Waals surface area (Å²) in [6.07, 6.45) is 1.66. The van der Waals surface area contributed by atoms with Gasteiger partial charge in [-0.2, -0.15) is 0 Å². The highest BCUT2D eigenvalue weighted by Gasteiger charge is 1.92. The summed E-state index contributed by atoms with van der Waals surface area (Å²) in [7, 11) is 0. The number of hydrogen-bond acceptors (Lipinski definition) is 4. The van der Waals surface area contributed by atoms with E-state index in [0.717, 1.165) is 10.1 Å². The summed E-state index contributed by atoms with van der Waals surface area (Å²) >= 11 is 4.67. The molecule has 3 aromatic rings. The van der Waals surface area contributed by atoms with Gasteiger partial charge in [0.25, 0.3) is 0 Å². The predicted molar refractivity (Wildman–Crippen MR) is 69.4 cm³/mol. The number of hydrogen-bond donors (Lipinski definition) is 0. The van der Waals surface area contributed by atoms with Crippen molar-refractivity contribution in [2.24, 2.45) is 0 Å². The standard InChI is InChI=1S/C9H6BrN.C2H2N2S/c10-9-6-5-7-3-1-2-4-8(7)11-9;1-2-5-4-3-1/h1-6H;1-2H. The predicted octanol–water partition coefficient (Wildman–Crippen LogP) is 3.54. The Morgan fingerprint density at radius 3 is 2.62 bits per heavy atom. The summed E-state index contributed by atoms with van der Waals surface area (Å²) in [6.45, 7) is 0. The van der Waals surface area contributed by atoms with Gasteiger partial charge in [-0.15, -0.1) is 5.10 Å².